The first-order valence-corrected chi connectivity index (χ1v) is 12.4. The van der Waals surface area contributed by atoms with Crippen LogP contribution in [0.2, 0.25) is 0 Å². The number of nitrogens with zero attached hydrogens (tertiary/aromatic N) is 2. The van der Waals surface area contributed by atoms with Gasteiger partial charge in [-0.1, -0.05) is 71.9 Å². The van der Waals surface area contributed by atoms with Gasteiger partial charge in [0.1, 0.15) is 7.05 Å². The van der Waals surface area contributed by atoms with Crippen LogP contribution in [0.5, 0.6) is 0 Å². The van der Waals surface area contributed by atoms with Crippen molar-refractivity contribution in [3.8, 4) is 0 Å². The zero-order valence-corrected chi connectivity index (χ0v) is 21.8. The van der Waals surface area contributed by atoms with Crippen LogP contribution in [0.4, 0.5) is 0 Å². The molecular weight excluding hydrogens is 400 g/mol. The second-order valence-corrected chi connectivity index (χ2v) is 12.0. The third-order valence-electron chi connectivity index (χ3n) is 6.85. The lowest BCUT2D eigenvalue weighted by Crippen LogP contribution is -2.27. The van der Waals surface area contributed by atoms with Crippen molar-refractivity contribution in [3.63, 3.8) is 0 Å². The molecule has 0 saturated heterocycles. The molecule has 0 saturated carbocycles. The number of pyridine rings is 2. The van der Waals surface area contributed by atoms with Crippen LogP contribution in [0.15, 0.2) is 79.4 Å². The summed E-state index contributed by atoms with van der Waals surface area (Å²) in [6.07, 6.45) is 11.8. The minimum atomic E-state index is 0.187. The SMILES string of the molecule is C[n+]1ccc(C(CC(CC(c2ccccc2)C(C)(C)C)c2ccncc2)CC(C)(C)C)cc1. The highest BCUT2D eigenvalue weighted by atomic mass is 14.9. The van der Waals surface area contributed by atoms with Crippen LogP contribution in [0.3, 0.4) is 0 Å². The Labute approximate surface area is 202 Å². The first-order valence-electron chi connectivity index (χ1n) is 12.4. The van der Waals surface area contributed by atoms with E-state index in [1.807, 2.05) is 12.4 Å². The van der Waals surface area contributed by atoms with Crippen molar-refractivity contribution in [1.82, 2.24) is 4.98 Å². The van der Waals surface area contributed by atoms with Gasteiger partial charge in [-0.2, -0.15) is 0 Å². The largest absolute Gasteiger partial charge is 0.265 e. The van der Waals surface area contributed by atoms with Crippen LogP contribution < -0.4 is 4.57 Å². The van der Waals surface area contributed by atoms with Crippen molar-refractivity contribution in [2.45, 2.75) is 78.6 Å². The Hall–Kier alpha value is -2.48. The Morgan fingerprint density at radius 3 is 1.82 bits per heavy atom. The third-order valence-corrected chi connectivity index (χ3v) is 6.85. The summed E-state index contributed by atoms with van der Waals surface area (Å²) in [5.74, 6) is 1.47. The third kappa shape index (κ3) is 7.52. The number of benzene rings is 1. The number of rotatable bonds is 8. The van der Waals surface area contributed by atoms with Crippen molar-refractivity contribution in [3.05, 3.63) is 96.1 Å². The molecule has 3 atom stereocenters. The van der Waals surface area contributed by atoms with E-state index in [4.69, 9.17) is 0 Å². The standard InChI is InChI=1S/C31H43N2/c1-30(2,3)23-28(25-15-19-33(7)20-16-25)21-27(24-13-17-32-18-14-24)22-29(31(4,5)6)26-11-9-8-10-12-26/h8-20,27-29H,21-23H2,1-7H3/q+1. The topological polar surface area (TPSA) is 16.8 Å². The van der Waals surface area contributed by atoms with Gasteiger partial charge in [-0.25, -0.2) is 4.57 Å². The summed E-state index contributed by atoms with van der Waals surface area (Å²) in [5.41, 5.74) is 4.77. The van der Waals surface area contributed by atoms with E-state index in [2.05, 4.69) is 125 Å². The molecule has 33 heavy (non-hydrogen) atoms. The molecule has 0 N–H and O–H groups in total. The van der Waals surface area contributed by atoms with Gasteiger partial charge in [-0.05, 0) is 76.7 Å². The van der Waals surface area contributed by atoms with Gasteiger partial charge in [0.2, 0.25) is 0 Å². The lowest BCUT2D eigenvalue weighted by molar-refractivity contribution is -0.671. The van der Waals surface area contributed by atoms with Gasteiger partial charge in [0, 0.05) is 24.5 Å². The smallest absolute Gasteiger partial charge is 0.168 e. The molecule has 2 aromatic heterocycles. The van der Waals surface area contributed by atoms with Gasteiger partial charge in [0.05, 0.1) is 0 Å². The summed E-state index contributed by atoms with van der Waals surface area (Å²) in [6.45, 7) is 14.3. The Bertz CT molecular complexity index is 963. The molecule has 0 aliphatic carbocycles. The minimum Gasteiger partial charge on any atom is -0.265 e. The van der Waals surface area contributed by atoms with Crippen LogP contribution in [-0.4, -0.2) is 4.98 Å². The van der Waals surface area contributed by atoms with Gasteiger partial charge in [0.25, 0.3) is 0 Å². The molecule has 2 heteroatoms. The number of aromatic nitrogens is 2. The van der Waals surface area contributed by atoms with E-state index in [1.165, 1.54) is 23.1 Å². The highest BCUT2D eigenvalue weighted by Crippen LogP contribution is 2.46. The zero-order valence-electron chi connectivity index (χ0n) is 21.8. The van der Waals surface area contributed by atoms with E-state index in [1.54, 1.807) is 0 Å². The number of aryl methyl sites for hydroxylation is 1. The van der Waals surface area contributed by atoms with Gasteiger partial charge < -0.3 is 0 Å². The summed E-state index contributed by atoms with van der Waals surface area (Å²) in [5, 5.41) is 0. The highest BCUT2D eigenvalue weighted by Gasteiger charge is 2.32. The fourth-order valence-electron chi connectivity index (χ4n) is 5.17. The molecule has 3 unspecified atom stereocenters. The van der Waals surface area contributed by atoms with E-state index >= 15 is 0 Å². The Kier molecular flexibility index (Phi) is 8.10. The molecule has 2 heterocycles. The van der Waals surface area contributed by atoms with E-state index in [9.17, 15) is 0 Å². The van der Waals surface area contributed by atoms with Crippen LogP contribution in [0, 0.1) is 10.8 Å². The van der Waals surface area contributed by atoms with Gasteiger partial charge in [-0.3, -0.25) is 4.98 Å². The molecule has 0 fully saturated rings. The maximum atomic E-state index is 4.32. The fourth-order valence-corrected chi connectivity index (χ4v) is 5.17. The van der Waals surface area contributed by atoms with Crippen LogP contribution in [0.25, 0.3) is 0 Å². The molecule has 0 amide bonds. The molecular formula is C31H43N2+. The van der Waals surface area contributed by atoms with Gasteiger partial charge in [-0.15, -0.1) is 0 Å². The van der Waals surface area contributed by atoms with Gasteiger partial charge in [0.15, 0.2) is 12.4 Å². The molecule has 176 valence electrons. The molecule has 0 aliphatic heterocycles. The quantitative estimate of drug-likeness (QED) is 0.324. The monoisotopic (exact) mass is 443 g/mol. The average molecular weight is 444 g/mol. The van der Waals surface area contributed by atoms with E-state index in [0.29, 0.717) is 17.8 Å². The highest BCUT2D eigenvalue weighted by molar-refractivity contribution is 5.25. The second-order valence-electron chi connectivity index (χ2n) is 12.0. The molecule has 3 rings (SSSR count). The van der Waals surface area contributed by atoms with E-state index < -0.39 is 0 Å². The first kappa shape index (κ1) is 25.1. The van der Waals surface area contributed by atoms with Crippen molar-refractivity contribution in [1.29, 1.82) is 0 Å². The van der Waals surface area contributed by atoms with Gasteiger partial charge >= 0.3 is 0 Å². The molecule has 0 aliphatic rings. The van der Waals surface area contributed by atoms with Crippen molar-refractivity contribution < 1.29 is 4.57 Å². The average Bonchev–Trinajstić information content (AvgIpc) is 2.76. The molecule has 0 spiro atoms. The molecule has 0 radical (unpaired) electrons. The Balaban J connectivity index is 1.99. The Morgan fingerprint density at radius 1 is 0.697 bits per heavy atom. The summed E-state index contributed by atoms with van der Waals surface area (Å²) >= 11 is 0. The fraction of sp³-hybridized carbons (Fsp3) is 0.484. The number of hydrogen-bond acceptors (Lipinski definition) is 1. The summed E-state index contributed by atoms with van der Waals surface area (Å²) in [4.78, 5) is 4.32. The normalized spacial score (nSPS) is 15.1. The first-order chi connectivity index (χ1) is 15.5. The minimum absolute atomic E-state index is 0.187. The predicted molar refractivity (Wildman–Crippen MR) is 139 cm³/mol. The van der Waals surface area contributed by atoms with E-state index in [0.717, 1.165) is 12.8 Å². The molecule has 2 nitrogen and oxygen atoms in total. The summed E-state index contributed by atoms with van der Waals surface area (Å²) < 4.78 is 2.13. The predicted octanol–water partition coefficient (Wildman–Crippen LogP) is 7.82. The summed E-state index contributed by atoms with van der Waals surface area (Å²) in [6, 6.07) is 20.2. The molecule has 0 bridgehead atoms. The number of hydrogen-bond donors (Lipinski definition) is 0. The van der Waals surface area contributed by atoms with Crippen molar-refractivity contribution in [2.75, 3.05) is 0 Å². The maximum Gasteiger partial charge on any atom is 0.168 e. The van der Waals surface area contributed by atoms with Crippen LogP contribution >= 0.6 is 0 Å². The summed E-state index contributed by atoms with van der Waals surface area (Å²) in [7, 11) is 2.09. The van der Waals surface area contributed by atoms with Crippen LogP contribution in [0.1, 0.15) is 95.2 Å². The lowest BCUT2D eigenvalue weighted by Gasteiger charge is -2.36. The van der Waals surface area contributed by atoms with Crippen molar-refractivity contribution in [2.24, 2.45) is 17.9 Å². The van der Waals surface area contributed by atoms with Crippen molar-refractivity contribution >= 4 is 0 Å². The van der Waals surface area contributed by atoms with E-state index in [-0.39, 0.29) is 10.8 Å². The molecule has 3 aromatic rings. The molecule has 1 aromatic carbocycles. The Morgan fingerprint density at radius 2 is 1.27 bits per heavy atom. The van der Waals surface area contributed by atoms with Crippen LogP contribution in [-0.2, 0) is 7.05 Å². The maximum absolute atomic E-state index is 4.32. The lowest BCUT2D eigenvalue weighted by atomic mass is 9.68. The zero-order chi connectivity index (χ0) is 24.1. The second kappa shape index (κ2) is 10.6.